The van der Waals surface area contributed by atoms with E-state index in [0.29, 0.717) is 11.8 Å². The molecule has 2 heterocycles. The summed E-state index contributed by atoms with van der Waals surface area (Å²) in [5, 5.41) is 6.41. The van der Waals surface area contributed by atoms with E-state index >= 15 is 0 Å². The molecular weight excluding hydrogens is 230 g/mol. The molecule has 1 unspecified atom stereocenters. The van der Waals surface area contributed by atoms with E-state index < -0.39 is 0 Å². The Morgan fingerprint density at radius 3 is 3.20 bits per heavy atom. The van der Waals surface area contributed by atoms with Crippen molar-refractivity contribution < 1.29 is 0 Å². The van der Waals surface area contributed by atoms with E-state index in [1.54, 1.807) is 17.7 Å². The molecule has 1 atom stereocenters. The largest absolute Gasteiger partial charge is 0.369 e. The van der Waals surface area contributed by atoms with E-state index in [-0.39, 0.29) is 0 Å². The molecule has 0 radical (unpaired) electrons. The van der Waals surface area contributed by atoms with Crippen LogP contribution in [-0.4, -0.2) is 22.4 Å². The molecule has 1 N–H and O–H groups in total. The Morgan fingerprint density at radius 1 is 1.53 bits per heavy atom. The van der Waals surface area contributed by atoms with Gasteiger partial charge in [0, 0.05) is 12.4 Å². The normalized spacial score (nSPS) is 12.9. The fourth-order valence-electron chi connectivity index (χ4n) is 1.26. The molecule has 0 bridgehead atoms. The van der Waals surface area contributed by atoms with Gasteiger partial charge >= 0.3 is 0 Å². The SMILES string of the molecule is CC(CCl)CNc1ncnc2sccc12. The topological polar surface area (TPSA) is 37.8 Å². The molecule has 0 fully saturated rings. The van der Waals surface area contributed by atoms with Crippen LogP contribution < -0.4 is 5.32 Å². The molecule has 0 spiro atoms. The van der Waals surface area contributed by atoms with Gasteiger partial charge in [0.2, 0.25) is 0 Å². The number of aromatic nitrogens is 2. The zero-order valence-corrected chi connectivity index (χ0v) is 9.98. The highest BCUT2D eigenvalue weighted by atomic mass is 35.5. The van der Waals surface area contributed by atoms with Gasteiger partial charge in [0.05, 0.1) is 5.39 Å². The minimum absolute atomic E-state index is 0.440. The Hall–Kier alpha value is -0.870. The Bertz CT molecular complexity index is 443. The Labute approximate surface area is 97.5 Å². The van der Waals surface area contributed by atoms with Gasteiger partial charge in [-0.2, -0.15) is 0 Å². The van der Waals surface area contributed by atoms with Crippen LogP contribution in [0.5, 0.6) is 0 Å². The summed E-state index contributed by atoms with van der Waals surface area (Å²) >= 11 is 7.37. The first kappa shape index (κ1) is 10.6. The number of rotatable bonds is 4. The summed E-state index contributed by atoms with van der Waals surface area (Å²) in [6, 6.07) is 2.04. The van der Waals surface area contributed by atoms with Crippen molar-refractivity contribution in [1.82, 2.24) is 9.97 Å². The Kier molecular flexibility index (Phi) is 3.38. The predicted molar refractivity (Wildman–Crippen MR) is 65.8 cm³/mol. The number of thiophene rings is 1. The summed E-state index contributed by atoms with van der Waals surface area (Å²) in [7, 11) is 0. The highest BCUT2D eigenvalue weighted by Crippen LogP contribution is 2.23. The molecule has 0 aliphatic heterocycles. The van der Waals surface area contributed by atoms with Crippen LogP contribution in [-0.2, 0) is 0 Å². The summed E-state index contributed by atoms with van der Waals surface area (Å²) in [5.74, 6) is 2.00. The fourth-order valence-corrected chi connectivity index (χ4v) is 2.10. The summed E-state index contributed by atoms with van der Waals surface area (Å²) in [6.45, 7) is 2.94. The second kappa shape index (κ2) is 4.77. The minimum atomic E-state index is 0.440. The number of nitrogens with zero attached hydrogens (tertiary/aromatic N) is 2. The van der Waals surface area contributed by atoms with Crippen LogP contribution in [0.2, 0.25) is 0 Å². The Balaban J connectivity index is 2.17. The molecule has 0 amide bonds. The molecule has 0 aliphatic carbocycles. The monoisotopic (exact) mass is 241 g/mol. The summed E-state index contributed by atoms with van der Waals surface area (Å²) in [5.41, 5.74) is 0. The van der Waals surface area contributed by atoms with Crippen molar-refractivity contribution in [3.63, 3.8) is 0 Å². The highest BCUT2D eigenvalue weighted by molar-refractivity contribution is 7.16. The van der Waals surface area contributed by atoms with Gasteiger partial charge in [0.15, 0.2) is 0 Å². The van der Waals surface area contributed by atoms with Crippen LogP contribution in [0.1, 0.15) is 6.92 Å². The van der Waals surface area contributed by atoms with Crippen LogP contribution in [0.4, 0.5) is 5.82 Å². The molecule has 2 rings (SSSR count). The smallest absolute Gasteiger partial charge is 0.138 e. The number of alkyl halides is 1. The summed E-state index contributed by atoms with van der Waals surface area (Å²) < 4.78 is 0. The van der Waals surface area contributed by atoms with Crippen molar-refractivity contribution in [1.29, 1.82) is 0 Å². The lowest BCUT2D eigenvalue weighted by atomic mass is 10.2. The van der Waals surface area contributed by atoms with Gasteiger partial charge in [0.25, 0.3) is 0 Å². The lowest BCUT2D eigenvalue weighted by Crippen LogP contribution is -2.13. The quantitative estimate of drug-likeness (QED) is 0.837. The van der Waals surface area contributed by atoms with E-state index in [4.69, 9.17) is 11.6 Å². The molecule has 80 valence electrons. The molecule has 3 nitrogen and oxygen atoms in total. The highest BCUT2D eigenvalue weighted by Gasteiger charge is 2.05. The number of nitrogens with one attached hydrogen (secondary N) is 1. The maximum absolute atomic E-state index is 5.74. The lowest BCUT2D eigenvalue weighted by molar-refractivity contribution is 0.695. The van der Waals surface area contributed by atoms with E-state index in [9.17, 15) is 0 Å². The molecule has 5 heteroatoms. The summed E-state index contributed by atoms with van der Waals surface area (Å²) in [4.78, 5) is 9.44. The van der Waals surface area contributed by atoms with E-state index in [1.165, 1.54) is 0 Å². The van der Waals surface area contributed by atoms with Crippen LogP contribution in [0.3, 0.4) is 0 Å². The Morgan fingerprint density at radius 2 is 2.40 bits per heavy atom. The average Bonchev–Trinajstić information content (AvgIpc) is 2.74. The zero-order chi connectivity index (χ0) is 10.7. The third-order valence-corrected chi connectivity index (χ3v) is 3.49. The second-order valence-corrected chi connectivity index (χ2v) is 4.71. The van der Waals surface area contributed by atoms with Crippen molar-refractivity contribution >= 4 is 39.0 Å². The van der Waals surface area contributed by atoms with Gasteiger partial charge in [-0.25, -0.2) is 9.97 Å². The molecule has 0 aromatic carbocycles. The van der Waals surface area contributed by atoms with E-state index in [0.717, 1.165) is 22.6 Å². The number of hydrogen-bond acceptors (Lipinski definition) is 4. The average molecular weight is 242 g/mol. The fraction of sp³-hybridized carbons (Fsp3) is 0.400. The minimum Gasteiger partial charge on any atom is -0.369 e. The zero-order valence-electron chi connectivity index (χ0n) is 8.40. The van der Waals surface area contributed by atoms with Crippen molar-refractivity contribution in [2.45, 2.75) is 6.92 Å². The van der Waals surface area contributed by atoms with Gasteiger partial charge in [-0.15, -0.1) is 22.9 Å². The van der Waals surface area contributed by atoms with Gasteiger partial charge in [-0.3, -0.25) is 0 Å². The standard InChI is InChI=1S/C10H12ClN3S/c1-7(4-11)5-12-9-8-2-3-15-10(8)14-6-13-9/h2-3,6-7H,4-5H2,1H3,(H,12,13,14). The molecular formula is C10H12ClN3S. The van der Waals surface area contributed by atoms with Crippen LogP contribution in [0, 0.1) is 5.92 Å². The number of fused-ring (bicyclic) bond motifs is 1. The van der Waals surface area contributed by atoms with E-state index in [2.05, 4.69) is 22.2 Å². The molecule has 15 heavy (non-hydrogen) atoms. The first-order valence-electron chi connectivity index (χ1n) is 4.79. The van der Waals surface area contributed by atoms with Gasteiger partial charge < -0.3 is 5.32 Å². The van der Waals surface area contributed by atoms with Crippen LogP contribution in [0.25, 0.3) is 10.2 Å². The van der Waals surface area contributed by atoms with Gasteiger partial charge in [-0.1, -0.05) is 6.92 Å². The second-order valence-electron chi connectivity index (χ2n) is 3.50. The van der Waals surface area contributed by atoms with Gasteiger partial charge in [0.1, 0.15) is 17.0 Å². The number of halogens is 1. The third-order valence-electron chi connectivity index (χ3n) is 2.14. The first-order chi connectivity index (χ1) is 7.31. The van der Waals surface area contributed by atoms with Crippen LogP contribution >= 0.6 is 22.9 Å². The maximum Gasteiger partial charge on any atom is 0.138 e. The van der Waals surface area contributed by atoms with Crippen molar-refractivity contribution in [2.24, 2.45) is 5.92 Å². The van der Waals surface area contributed by atoms with Crippen molar-refractivity contribution in [3.05, 3.63) is 17.8 Å². The van der Waals surface area contributed by atoms with Crippen molar-refractivity contribution in [3.8, 4) is 0 Å². The molecule has 0 saturated heterocycles. The number of hydrogen-bond donors (Lipinski definition) is 1. The van der Waals surface area contributed by atoms with Gasteiger partial charge in [-0.05, 0) is 17.4 Å². The summed E-state index contributed by atoms with van der Waals surface area (Å²) in [6.07, 6.45) is 1.59. The molecule has 2 aromatic rings. The molecule has 2 aromatic heterocycles. The third kappa shape index (κ3) is 2.38. The van der Waals surface area contributed by atoms with Crippen molar-refractivity contribution in [2.75, 3.05) is 17.7 Å². The predicted octanol–water partition coefficient (Wildman–Crippen LogP) is 2.98. The van der Waals surface area contributed by atoms with E-state index in [1.807, 2.05) is 11.4 Å². The maximum atomic E-state index is 5.74. The molecule has 0 aliphatic rings. The lowest BCUT2D eigenvalue weighted by Gasteiger charge is -2.09. The van der Waals surface area contributed by atoms with Crippen LogP contribution in [0.15, 0.2) is 17.8 Å². The molecule has 0 saturated carbocycles. The number of anilines is 1. The first-order valence-corrected chi connectivity index (χ1v) is 6.20.